The molecular weight excluding hydrogens is 284 g/mol. The summed E-state index contributed by atoms with van der Waals surface area (Å²) in [6, 6.07) is 9.06. The van der Waals surface area contributed by atoms with E-state index in [0.717, 1.165) is 6.42 Å². The van der Waals surface area contributed by atoms with Crippen molar-refractivity contribution in [3.05, 3.63) is 35.9 Å². The molecule has 6 heteroatoms. The van der Waals surface area contributed by atoms with Crippen molar-refractivity contribution >= 4 is 11.8 Å². The van der Waals surface area contributed by atoms with Crippen LogP contribution in [0.5, 0.6) is 0 Å². The van der Waals surface area contributed by atoms with Crippen molar-refractivity contribution in [3.63, 3.8) is 0 Å². The summed E-state index contributed by atoms with van der Waals surface area (Å²) in [5.41, 5.74) is 0.717. The van der Waals surface area contributed by atoms with Crippen LogP contribution in [0, 0.1) is 0 Å². The van der Waals surface area contributed by atoms with E-state index in [9.17, 15) is 9.90 Å². The molecule has 0 aliphatic carbocycles. The molecule has 118 valence electrons. The number of hydrogen-bond acceptors (Lipinski definition) is 5. The fraction of sp³-hybridized carbons (Fsp3) is 0.375. The minimum atomic E-state index is -1.08. The Kier molecular flexibility index (Phi) is 5.55. The highest BCUT2D eigenvalue weighted by Gasteiger charge is 2.24. The van der Waals surface area contributed by atoms with E-state index in [2.05, 4.69) is 10.5 Å². The minimum Gasteiger partial charge on any atom is -0.477 e. The standard InChI is InChI=1S/C16H20N2O4/c1-3-12(21-4-2)10-17-15-13(16(19)20)14(22-18-15)11-8-6-5-7-9-11/h5-9,12H,3-4,10H2,1-2H3,(H,17,18)(H,19,20). The van der Waals surface area contributed by atoms with Crippen molar-refractivity contribution < 1.29 is 19.2 Å². The molecule has 1 aromatic carbocycles. The van der Waals surface area contributed by atoms with Crippen LogP contribution >= 0.6 is 0 Å². The van der Waals surface area contributed by atoms with E-state index < -0.39 is 5.97 Å². The molecule has 0 aliphatic heterocycles. The third kappa shape index (κ3) is 3.65. The summed E-state index contributed by atoms with van der Waals surface area (Å²) in [4.78, 5) is 11.5. The molecule has 22 heavy (non-hydrogen) atoms. The first-order chi connectivity index (χ1) is 10.7. The van der Waals surface area contributed by atoms with Gasteiger partial charge in [0.05, 0.1) is 6.10 Å². The van der Waals surface area contributed by atoms with Gasteiger partial charge in [-0.2, -0.15) is 0 Å². The Balaban J connectivity index is 2.22. The van der Waals surface area contributed by atoms with Crippen molar-refractivity contribution in [1.29, 1.82) is 0 Å². The van der Waals surface area contributed by atoms with E-state index in [1.807, 2.05) is 32.0 Å². The van der Waals surface area contributed by atoms with E-state index in [1.165, 1.54) is 0 Å². The van der Waals surface area contributed by atoms with Crippen LogP contribution in [0.2, 0.25) is 0 Å². The number of anilines is 1. The number of carbonyl (C=O) groups is 1. The number of nitrogens with zero attached hydrogens (tertiary/aromatic N) is 1. The molecule has 0 aliphatic rings. The molecule has 0 amide bonds. The number of benzene rings is 1. The molecule has 2 aromatic rings. The third-order valence-electron chi connectivity index (χ3n) is 3.30. The predicted molar refractivity (Wildman–Crippen MR) is 83.1 cm³/mol. The summed E-state index contributed by atoms with van der Waals surface area (Å²) >= 11 is 0. The molecule has 1 atom stereocenters. The first kappa shape index (κ1) is 16.0. The number of hydrogen-bond donors (Lipinski definition) is 2. The van der Waals surface area contributed by atoms with E-state index in [0.29, 0.717) is 18.7 Å². The molecule has 6 nitrogen and oxygen atoms in total. The maximum Gasteiger partial charge on any atom is 0.343 e. The van der Waals surface area contributed by atoms with E-state index in [1.54, 1.807) is 12.1 Å². The zero-order chi connectivity index (χ0) is 15.9. The van der Waals surface area contributed by atoms with Gasteiger partial charge in [-0.1, -0.05) is 42.4 Å². The van der Waals surface area contributed by atoms with Crippen molar-refractivity contribution in [2.75, 3.05) is 18.5 Å². The lowest BCUT2D eigenvalue weighted by Crippen LogP contribution is -2.23. The van der Waals surface area contributed by atoms with Crippen LogP contribution in [0.4, 0.5) is 5.82 Å². The Morgan fingerprint density at radius 1 is 1.36 bits per heavy atom. The third-order valence-corrected chi connectivity index (χ3v) is 3.30. The van der Waals surface area contributed by atoms with Crippen molar-refractivity contribution in [3.8, 4) is 11.3 Å². The second-order valence-electron chi connectivity index (χ2n) is 4.77. The summed E-state index contributed by atoms with van der Waals surface area (Å²) in [6.45, 7) is 5.03. The normalized spacial score (nSPS) is 12.1. The van der Waals surface area contributed by atoms with Crippen LogP contribution in [0.25, 0.3) is 11.3 Å². The van der Waals surface area contributed by atoms with Crippen molar-refractivity contribution in [1.82, 2.24) is 5.16 Å². The molecule has 0 fully saturated rings. The Labute approximate surface area is 129 Å². The second-order valence-corrected chi connectivity index (χ2v) is 4.77. The average Bonchev–Trinajstić information content (AvgIpc) is 2.96. The molecule has 0 saturated heterocycles. The Morgan fingerprint density at radius 3 is 2.68 bits per heavy atom. The maximum atomic E-state index is 11.5. The van der Waals surface area contributed by atoms with Gasteiger partial charge in [-0.15, -0.1) is 0 Å². The highest BCUT2D eigenvalue weighted by Crippen LogP contribution is 2.29. The summed E-state index contributed by atoms with van der Waals surface area (Å²) in [5.74, 6) is -0.600. The highest BCUT2D eigenvalue weighted by molar-refractivity contribution is 5.99. The Morgan fingerprint density at radius 2 is 2.09 bits per heavy atom. The molecular formula is C16H20N2O4. The van der Waals surface area contributed by atoms with E-state index in [-0.39, 0.29) is 23.2 Å². The molecule has 2 rings (SSSR count). The van der Waals surface area contributed by atoms with Crippen LogP contribution in [-0.2, 0) is 4.74 Å². The lowest BCUT2D eigenvalue weighted by molar-refractivity contribution is 0.0682. The molecule has 1 heterocycles. The number of ether oxygens (including phenoxy) is 1. The van der Waals surface area contributed by atoms with Gasteiger partial charge in [0.2, 0.25) is 0 Å². The number of carboxylic acids is 1. The average molecular weight is 304 g/mol. The zero-order valence-electron chi connectivity index (χ0n) is 12.7. The van der Waals surface area contributed by atoms with Gasteiger partial charge in [0.25, 0.3) is 0 Å². The minimum absolute atomic E-state index is 0.00326. The first-order valence-electron chi connectivity index (χ1n) is 7.31. The van der Waals surface area contributed by atoms with E-state index >= 15 is 0 Å². The molecule has 1 unspecified atom stereocenters. The lowest BCUT2D eigenvalue weighted by atomic mass is 10.1. The largest absolute Gasteiger partial charge is 0.477 e. The SMILES string of the molecule is CCOC(CC)CNc1noc(-c2ccccc2)c1C(=O)O. The van der Waals surface area contributed by atoms with E-state index in [4.69, 9.17) is 9.26 Å². The van der Waals surface area contributed by atoms with Crippen LogP contribution in [-0.4, -0.2) is 35.5 Å². The number of nitrogens with one attached hydrogen (secondary N) is 1. The number of aromatic carboxylic acids is 1. The maximum absolute atomic E-state index is 11.5. The van der Waals surface area contributed by atoms with Gasteiger partial charge >= 0.3 is 5.97 Å². The van der Waals surface area contributed by atoms with Crippen LogP contribution in [0.3, 0.4) is 0 Å². The van der Waals surface area contributed by atoms with Crippen LogP contribution in [0.1, 0.15) is 30.6 Å². The molecule has 0 radical (unpaired) electrons. The van der Waals surface area contributed by atoms with Gasteiger partial charge in [0.1, 0.15) is 0 Å². The molecule has 0 spiro atoms. The molecule has 0 bridgehead atoms. The van der Waals surface area contributed by atoms with Crippen molar-refractivity contribution in [2.45, 2.75) is 26.4 Å². The molecule has 1 aromatic heterocycles. The van der Waals surface area contributed by atoms with Crippen LogP contribution < -0.4 is 5.32 Å². The zero-order valence-corrected chi connectivity index (χ0v) is 12.7. The van der Waals surface area contributed by atoms with Gasteiger partial charge in [0.15, 0.2) is 17.1 Å². The molecule has 0 saturated carbocycles. The smallest absolute Gasteiger partial charge is 0.343 e. The Hall–Kier alpha value is -2.34. The fourth-order valence-corrected chi connectivity index (χ4v) is 2.16. The predicted octanol–water partition coefficient (Wildman–Crippen LogP) is 3.27. The van der Waals surface area contributed by atoms with Gasteiger partial charge in [-0.3, -0.25) is 0 Å². The summed E-state index contributed by atoms with van der Waals surface area (Å²) in [5, 5.41) is 16.3. The number of aromatic nitrogens is 1. The summed E-state index contributed by atoms with van der Waals surface area (Å²) < 4.78 is 10.8. The fourth-order valence-electron chi connectivity index (χ4n) is 2.16. The highest BCUT2D eigenvalue weighted by atomic mass is 16.5. The van der Waals surface area contributed by atoms with Gasteiger partial charge in [-0.25, -0.2) is 4.79 Å². The Bertz CT molecular complexity index is 610. The van der Waals surface area contributed by atoms with Gasteiger partial charge in [-0.05, 0) is 13.3 Å². The first-order valence-corrected chi connectivity index (χ1v) is 7.31. The molecule has 2 N–H and O–H groups in total. The summed E-state index contributed by atoms with van der Waals surface area (Å²) in [6.07, 6.45) is 0.829. The summed E-state index contributed by atoms with van der Waals surface area (Å²) in [7, 11) is 0. The van der Waals surface area contributed by atoms with Gasteiger partial charge < -0.3 is 19.7 Å². The number of carboxylic acid groups (broad SMARTS) is 1. The van der Waals surface area contributed by atoms with Gasteiger partial charge in [0, 0.05) is 18.7 Å². The topological polar surface area (TPSA) is 84.6 Å². The monoisotopic (exact) mass is 304 g/mol. The lowest BCUT2D eigenvalue weighted by Gasteiger charge is -2.15. The quantitative estimate of drug-likeness (QED) is 0.778. The second kappa shape index (κ2) is 7.61. The van der Waals surface area contributed by atoms with Crippen molar-refractivity contribution in [2.24, 2.45) is 0 Å². The number of rotatable bonds is 8. The van der Waals surface area contributed by atoms with Crippen LogP contribution in [0.15, 0.2) is 34.9 Å².